The number of hydrogen-bond acceptors (Lipinski definition) is 8. The fraction of sp³-hybridized carbons (Fsp3) is 0.241. The van der Waals surface area contributed by atoms with Crippen LogP contribution < -0.4 is 10.6 Å². The maximum Gasteiger partial charge on any atom is 0.137 e. The molecule has 0 aliphatic heterocycles. The van der Waals surface area contributed by atoms with E-state index in [1.807, 2.05) is 66.7 Å². The number of halogens is 1. The Bertz CT molecular complexity index is 1700. The van der Waals surface area contributed by atoms with Gasteiger partial charge >= 0.3 is 0 Å². The molecule has 0 saturated carbocycles. The van der Waals surface area contributed by atoms with Crippen LogP contribution in [0.25, 0.3) is 21.8 Å². The molecule has 2 N–H and O–H groups in total. The smallest absolute Gasteiger partial charge is 0.137 e. The molecule has 3 aromatic carbocycles. The van der Waals surface area contributed by atoms with E-state index in [1.54, 1.807) is 12.6 Å². The van der Waals surface area contributed by atoms with Crippen molar-refractivity contribution in [2.24, 2.45) is 4.36 Å². The summed E-state index contributed by atoms with van der Waals surface area (Å²) >= 11 is 3.45. The van der Waals surface area contributed by atoms with Gasteiger partial charge in [0.1, 0.15) is 24.3 Å². The van der Waals surface area contributed by atoms with Gasteiger partial charge in [0.05, 0.1) is 26.4 Å². The fourth-order valence-corrected chi connectivity index (χ4v) is 5.48. The SMILES string of the molecule is CC(C)Nc1ncnc2ccc(Br)cc12.CC(C)Nc1ncnc2ccc(N=[S@@](C)(=O)c3ccccc3)cc12. The molecule has 5 aromatic rings. The Hall–Kier alpha value is -3.63. The van der Waals surface area contributed by atoms with Crippen molar-refractivity contribution in [1.82, 2.24) is 19.9 Å². The fourth-order valence-electron chi connectivity index (χ4n) is 3.83. The minimum absolute atomic E-state index is 0.253. The highest BCUT2D eigenvalue weighted by molar-refractivity contribution is 9.10. The predicted octanol–water partition coefficient (Wildman–Crippen LogP) is 7.45. The Balaban J connectivity index is 0.000000202. The molecule has 1 atom stereocenters. The Labute approximate surface area is 238 Å². The van der Waals surface area contributed by atoms with Crippen molar-refractivity contribution in [2.45, 2.75) is 44.7 Å². The first-order chi connectivity index (χ1) is 18.6. The molecule has 8 nitrogen and oxygen atoms in total. The Morgan fingerprint density at radius 2 is 1.28 bits per heavy atom. The molecule has 0 radical (unpaired) electrons. The van der Waals surface area contributed by atoms with Crippen molar-refractivity contribution in [1.29, 1.82) is 0 Å². The molecule has 0 saturated heterocycles. The van der Waals surface area contributed by atoms with Gasteiger partial charge in [-0.15, -0.1) is 0 Å². The molecule has 0 fully saturated rings. The van der Waals surface area contributed by atoms with Gasteiger partial charge in [-0.3, -0.25) is 0 Å². The van der Waals surface area contributed by atoms with E-state index in [0.717, 1.165) is 42.8 Å². The topological polar surface area (TPSA) is 105 Å². The minimum atomic E-state index is -2.50. The van der Waals surface area contributed by atoms with Crippen LogP contribution in [-0.2, 0) is 9.73 Å². The van der Waals surface area contributed by atoms with Crippen LogP contribution in [0, 0.1) is 0 Å². The van der Waals surface area contributed by atoms with Gasteiger partial charge in [0.15, 0.2) is 0 Å². The van der Waals surface area contributed by atoms with E-state index in [2.05, 4.69) is 78.6 Å². The molecule has 0 aliphatic carbocycles. The summed E-state index contributed by atoms with van der Waals surface area (Å²) in [6.07, 6.45) is 4.78. The molecule has 39 heavy (non-hydrogen) atoms. The highest BCUT2D eigenvalue weighted by Crippen LogP contribution is 2.27. The first kappa shape index (κ1) is 28.4. The zero-order valence-corrected chi connectivity index (χ0v) is 25.0. The van der Waals surface area contributed by atoms with Crippen LogP contribution in [0.1, 0.15) is 27.7 Å². The van der Waals surface area contributed by atoms with Gasteiger partial charge in [0.2, 0.25) is 0 Å². The summed E-state index contributed by atoms with van der Waals surface area (Å²) in [5.74, 6) is 1.64. The van der Waals surface area contributed by atoms with E-state index in [4.69, 9.17) is 0 Å². The summed E-state index contributed by atoms with van der Waals surface area (Å²) in [6, 6.07) is 21.5. The van der Waals surface area contributed by atoms with E-state index < -0.39 is 9.73 Å². The van der Waals surface area contributed by atoms with Crippen LogP contribution in [0.2, 0.25) is 0 Å². The maximum atomic E-state index is 12.9. The molecule has 5 rings (SSSR count). The molecule has 10 heteroatoms. The average Bonchev–Trinajstić information content (AvgIpc) is 2.89. The van der Waals surface area contributed by atoms with E-state index in [9.17, 15) is 4.21 Å². The summed E-state index contributed by atoms with van der Waals surface area (Å²) < 4.78 is 18.5. The van der Waals surface area contributed by atoms with Crippen molar-refractivity contribution in [3.63, 3.8) is 0 Å². The van der Waals surface area contributed by atoms with Gasteiger partial charge < -0.3 is 10.6 Å². The van der Waals surface area contributed by atoms with Gasteiger partial charge in [0.25, 0.3) is 0 Å². The van der Waals surface area contributed by atoms with Crippen molar-refractivity contribution in [3.8, 4) is 0 Å². The number of benzene rings is 3. The number of nitrogens with zero attached hydrogens (tertiary/aromatic N) is 5. The first-order valence-electron chi connectivity index (χ1n) is 12.6. The predicted molar refractivity (Wildman–Crippen MR) is 165 cm³/mol. The van der Waals surface area contributed by atoms with Gasteiger partial charge in [0, 0.05) is 38.5 Å². The summed E-state index contributed by atoms with van der Waals surface area (Å²) in [5.41, 5.74) is 2.44. The standard InChI is InChI=1S/C18H20N4OS.C11H12BrN3/c1-13(2)21-18-16-11-14(9-10-17(16)19-12-20-18)22-24(3,23)15-7-5-4-6-8-15;1-7(2)15-11-9-5-8(12)3-4-10(9)13-6-14-11/h4-13H,1-3H3,(H,19,20,21);3-7H,1-2H3,(H,13,14,15)/t24-;/m0./s1. The molecule has 0 spiro atoms. The summed E-state index contributed by atoms with van der Waals surface area (Å²) in [6.45, 7) is 8.28. The second-order valence-electron chi connectivity index (χ2n) is 9.61. The lowest BCUT2D eigenvalue weighted by Gasteiger charge is -2.11. The van der Waals surface area contributed by atoms with Crippen LogP contribution in [0.4, 0.5) is 17.3 Å². The molecule has 2 aromatic heterocycles. The molecular weight excluding hydrogens is 574 g/mol. The number of rotatable bonds is 6. The lowest BCUT2D eigenvalue weighted by atomic mass is 10.2. The third-order valence-electron chi connectivity index (χ3n) is 5.53. The van der Waals surface area contributed by atoms with E-state index in [-0.39, 0.29) is 6.04 Å². The van der Waals surface area contributed by atoms with E-state index in [0.29, 0.717) is 11.7 Å². The molecule has 0 aliphatic rings. The maximum absolute atomic E-state index is 12.9. The number of nitrogens with one attached hydrogen (secondary N) is 2. The van der Waals surface area contributed by atoms with Crippen LogP contribution in [-0.4, -0.2) is 42.5 Å². The largest absolute Gasteiger partial charge is 0.367 e. The van der Waals surface area contributed by atoms with Gasteiger partial charge in [-0.1, -0.05) is 34.1 Å². The van der Waals surface area contributed by atoms with Gasteiger partial charge in [-0.2, -0.15) is 4.36 Å². The van der Waals surface area contributed by atoms with Crippen LogP contribution in [0.15, 0.2) is 93.1 Å². The number of hydrogen-bond donors (Lipinski definition) is 2. The number of anilines is 2. The second kappa shape index (κ2) is 12.5. The summed E-state index contributed by atoms with van der Waals surface area (Å²) in [7, 11) is -2.50. The molecule has 0 bridgehead atoms. The zero-order chi connectivity index (χ0) is 28.0. The molecule has 2 heterocycles. The first-order valence-corrected chi connectivity index (χ1v) is 15.3. The van der Waals surface area contributed by atoms with Crippen molar-refractivity contribution in [2.75, 3.05) is 16.9 Å². The minimum Gasteiger partial charge on any atom is -0.367 e. The Morgan fingerprint density at radius 3 is 1.85 bits per heavy atom. The highest BCUT2D eigenvalue weighted by atomic mass is 79.9. The van der Waals surface area contributed by atoms with Crippen molar-refractivity contribution in [3.05, 3.63) is 83.9 Å². The third-order valence-corrected chi connectivity index (χ3v) is 7.73. The quantitative estimate of drug-likeness (QED) is 0.207. The van der Waals surface area contributed by atoms with Gasteiger partial charge in [-0.25, -0.2) is 24.1 Å². The third kappa shape index (κ3) is 7.48. The average molecular weight is 607 g/mol. The highest BCUT2D eigenvalue weighted by Gasteiger charge is 2.09. The van der Waals surface area contributed by atoms with E-state index in [1.165, 1.54) is 6.33 Å². The lowest BCUT2D eigenvalue weighted by molar-refractivity contribution is 0.681. The molecular formula is C29H32BrN7OS. The van der Waals surface area contributed by atoms with Crippen LogP contribution in [0.3, 0.4) is 0 Å². The van der Waals surface area contributed by atoms with Gasteiger partial charge in [-0.05, 0) is 76.2 Å². The Kier molecular flexibility index (Phi) is 9.08. The lowest BCUT2D eigenvalue weighted by Crippen LogP contribution is -2.11. The molecule has 0 unspecified atom stereocenters. The summed E-state index contributed by atoms with van der Waals surface area (Å²) in [5, 5.41) is 8.52. The van der Waals surface area contributed by atoms with Crippen molar-refractivity contribution >= 4 is 64.8 Å². The zero-order valence-electron chi connectivity index (χ0n) is 22.6. The number of aromatic nitrogens is 4. The second-order valence-corrected chi connectivity index (χ2v) is 12.8. The Morgan fingerprint density at radius 1 is 0.744 bits per heavy atom. The summed E-state index contributed by atoms with van der Waals surface area (Å²) in [4.78, 5) is 17.8. The monoisotopic (exact) mass is 605 g/mol. The normalized spacial score (nSPS) is 12.6. The molecule has 0 amide bonds. The van der Waals surface area contributed by atoms with Crippen LogP contribution >= 0.6 is 15.9 Å². The number of fused-ring (bicyclic) bond motifs is 2. The van der Waals surface area contributed by atoms with Crippen LogP contribution in [0.5, 0.6) is 0 Å². The molecule has 202 valence electrons. The van der Waals surface area contributed by atoms with E-state index >= 15 is 0 Å². The van der Waals surface area contributed by atoms with Crippen molar-refractivity contribution < 1.29 is 4.21 Å².